The summed E-state index contributed by atoms with van der Waals surface area (Å²) >= 11 is 0. The SMILES string of the molecule is CC1CC2C3CCC4=CC(=O)C=CC4(C)C3C(O)CC2[C@@]1(OC(=O)CCCO[N+](=O)[O-])C(=O)COC(=O)CCNC(=O)CCCO[N+](=O)[O-]. The molecule has 17 nitrogen and oxygen atoms in total. The van der Waals surface area contributed by atoms with Gasteiger partial charge < -0.3 is 29.6 Å². The van der Waals surface area contributed by atoms with E-state index < -0.39 is 69.4 Å². The van der Waals surface area contributed by atoms with Gasteiger partial charge in [0.15, 0.2) is 18.0 Å². The molecule has 7 unspecified atom stereocenters. The van der Waals surface area contributed by atoms with Gasteiger partial charge in [-0.2, -0.15) is 0 Å². The molecule has 0 aromatic rings. The van der Waals surface area contributed by atoms with Crippen molar-refractivity contribution in [3.8, 4) is 0 Å². The third-order valence-electron chi connectivity index (χ3n) is 10.6. The number of allylic oxidation sites excluding steroid dienone is 4. The Balaban J connectivity index is 1.46. The number of hydrogen-bond acceptors (Lipinski definition) is 14. The standard InChI is InChI=1S/C32H43N3O14/c1-19-15-23-22-8-7-20-16-21(36)9-11-31(20,2)30(22)25(37)17-24(23)32(19,49-29(41)6-4-14-48-35(44)45)26(38)18-46-28(40)10-12-33-27(39)5-3-13-47-34(42)43/h9,11,16,19,22-25,30,37H,3-8,10,12-15,17-18H2,1-2H3,(H,33,39)/t19?,22?,23?,24?,25?,30?,31?,32-/m1/s1. The van der Waals surface area contributed by atoms with Gasteiger partial charge >= 0.3 is 11.9 Å². The zero-order valence-electron chi connectivity index (χ0n) is 27.5. The van der Waals surface area contributed by atoms with Crippen LogP contribution in [0.1, 0.15) is 71.6 Å². The molecule has 0 bridgehead atoms. The Kier molecular flexibility index (Phi) is 12.1. The van der Waals surface area contributed by atoms with Crippen molar-refractivity contribution in [1.29, 1.82) is 0 Å². The fourth-order valence-corrected chi connectivity index (χ4v) is 8.58. The molecule has 270 valence electrons. The third-order valence-corrected chi connectivity index (χ3v) is 10.6. The summed E-state index contributed by atoms with van der Waals surface area (Å²) in [6.07, 6.45) is 5.48. The summed E-state index contributed by atoms with van der Waals surface area (Å²) in [5.74, 6) is -4.34. The Morgan fingerprint density at radius 1 is 1.00 bits per heavy atom. The second kappa shape index (κ2) is 15.9. The van der Waals surface area contributed by atoms with Crippen molar-refractivity contribution in [2.75, 3.05) is 26.4 Å². The van der Waals surface area contributed by atoms with Crippen LogP contribution in [0.15, 0.2) is 23.8 Å². The lowest BCUT2D eigenvalue weighted by Gasteiger charge is -2.56. The van der Waals surface area contributed by atoms with Crippen molar-refractivity contribution in [3.05, 3.63) is 44.0 Å². The maximum Gasteiger partial charge on any atom is 0.308 e. The van der Waals surface area contributed by atoms with Gasteiger partial charge in [-0.15, -0.1) is 20.2 Å². The maximum atomic E-state index is 14.1. The number of ether oxygens (including phenoxy) is 2. The second-order valence-corrected chi connectivity index (χ2v) is 13.4. The van der Waals surface area contributed by atoms with E-state index in [1.165, 1.54) is 6.08 Å². The van der Waals surface area contributed by atoms with Gasteiger partial charge in [0.2, 0.25) is 11.7 Å². The highest BCUT2D eigenvalue weighted by Crippen LogP contribution is 2.64. The van der Waals surface area contributed by atoms with Gasteiger partial charge in [-0.1, -0.05) is 25.5 Å². The Morgan fingerprint density at radius 3 is 2.35 bits per heavy atom. The Morgan fingerprint density at radius 2 is 1.67 bits per heavy atom. The van der Waals surface area contributed by atoms with Crippen LogP contribution in [0.2, 0.25) is 0 Å². The van der Waals surface area contributed by atoms with E-state index in [1.54, 1.807) is 13.0 Å². The molecule has 1 amide bonds. The lowest BCUT2D eigenvalue weighted by Crippen LogP contribution is -2.59. The molecule has 17 heteroatoms. The number of fused-ring (bicyclic) bond motifs is 5. The Bertz CT molecular complexity index is 1400. The molecule has 0 spiro atoms. The summed E-state index contributed by atoms with van der Waals surface area (Å²) in [5, 5.41) is 33.0. The number of aliphatic hydroxyl groups excluding tert-OH is 1. The van der Waals surface area contributed by atoms with Crippen LogP contribution in [0.5, 0.6) is 0 Å². The highest BCUT2D eigenvalue weighted by molar-refractivity contribution is 6.01. The number of rotatable bonds is 17. The van der Waals surface area contributed by atoms with Crippen LogP contribution < -0.4 is 5.32 Å². The molecule has 4 rings (SSSR count). The monoisotopic (exact) mass is 693 g/mol. The molecule has 49 heavy (non-hydrogen) atoms. The molecular formula is C32H43N3O14. The van der Waals surface area contributed by atoms with E-state index in [9.17, 15) is 49.3 Å². The maximum absolute atomic E-state index is 14.1. The quantitative estimate of drug-likeness (QED) is 0.0959. The fraction of sp³-hybridized carbons (Fsp3) is 0.719. The first kappa shape index (κ1) is 37.4. The van der Waals surface area contributed by atoms with Crippen molar-refractivity contribution in [3.63, 3.8) is 0 Å². The fourth-order valence-electron chi connectivity index (χ4n) is 8.58. The normalized spacial score (nSPS) is 31.2. The van der Waals surface area contributed by atoms with E-state index in [0.29, 0.717) is 19.3 Å². The number of ketones is 2. The first-order chi connectivity index (χ1) is 23.2. The number of Topliss-reactive ketones (excluding diaryl/α,β-unsaturated/α-hetero) is 1. The average molecular weight is 694 g/mol. The van der Waals surface area contributed by atoms with Crippen LogP contribution in [0, 0.1) is 55.2 Å². The van der Waals surface area contributed by atoms with Gasteiger partial charge in [0.05, 0.1) is 25.7 Å². The number of carbonyl (C=O) groups excluding carboxylic acids is 5. The lowest BCUT2D eigenvalue weighted by molar-refractivity contribution is -0.757. The van der Waals surface area contributed by atoms with Crippen LogP contribution in [-0.4, -0.2) is 82.8 Å². The zero-order valence-corrected chi connectivity index (χ0v) is 27.5. The van der Waals surface area contributed by atoms with Gasteiger partial charge in [0.25, 0.3) is 10.2 Å². The number of nitrogens with one attached hydrogen (secondary N) is 1. The van der Waals surface area contributed by atoms with Crippen LogP contribution in [-0.2, 0) is 43.1 Å². The van der Waals surface area contributed by atoms with Gasteiger partial charge in [-0.3, -0.25) is 24.0 Å². The van der Waals surface area contributed by atoms with Crippen molar-refractivity contribution >= 4 is 29.4 Å². The molecular weight excluding hydrogens is 650 g/mol. The molecule has 0 radical (unpaired) electrons. The summed E-state index contributed by atoms with van der Waals surface area (Å²) in [6.45, 7) is 2.36. The van der Waals surface area contributed by atoms with Crippen LogP contribution >= 0.6 is 0 Å². The number of aliphatic hydroxyl groups is 1. The predicted molar refractivity (Wildman–Crippen MR) is 165 cm³/mol. The van der Waals surface area contributed by atoms with Crippen molar-refractivity contribution < 1.29 is 58.4 Å². The topological polar surface area (TPSA) is 241 Å². The minimum absolute atomic E-state index is 0.0398. The molecule has 0 aromatic carbocycles. The number of carbonyl (C=O) groups is 5. The summed E-state index contributed by atoms with van der Waals surface area (Å²) in [5.41, 5.74) is -1.34. The minimum Gasteiger partial charge on any atom is -0.457 e. The Hall–Kier alpha value is -4.41. The van der Waals surface area contributed by atoms with Crippen LogP contribution in [0.25, 0.3) is 0 Å². The molecule has 8 atom stereocenters. The van der Waals surface area contributed by atoms with E-state index in [2.05, 4.69) is 15.0 Å². The van der Waals surface area contributed by atoms with Crippen molar-refractivity contribution in [1.82, 2.24) is 5.32 Å². The summed E-state index contributed by atoms with van der Waals surface area (Å²) < 4.78 is 11.3. The molecule has 4 aliphatic carbocycles. The average Bonchev–Trinajstić information content (AvgIpc) is 3.31. The second-order valence-electron chi connectivity index (χ2n) is 13.4. The first-order valence-electron chi connectivity index (χ1n) is 16.5. The molecule has 3 saturated carbocycles. The van der Waals surface area contributed by atoms with E-state index in [0.717, 1.165) is 5.57 Å². The Labute approximate surface area is 281 Å². The number of amides is 1. The van der Waals surface area contributed by atoms with Crippen LogP contribution in [0.4, 0.5) is 0 Å². The van der Waals surface area contributed by atoms with Gasteiger partial charge in [0, 0.05) is 42.6 Å². The van der Waals surface area contributed by atoms with Gasteiger partial charge in [-0.25, -0.2) is 0 Å². The summed E-state index contributed by atoms with van der Waals surface area (Å²) in [6, 6.07) is 0. The van der Waals surface area contributed by atoms with E-state index >= 15 is 0 Å². The molecule has 2 N–H and O–H groups in total. The lowest BCUT2D eigenvalue weighted by atomic mass is 9.49. The van der Waals surface area contributed by atoms with Crippen LogP contribution in [0.3, 0.4) is 0 Å². The number of hydrogen-bond donors (Lipinski definition) is 2. The highest BCUT2D eigenvalue weighted by atomic mass is 17.0. The molecule has 3 fully saturated rings. The summed E-state index contributed by atoms with van der Waals surface area (Å²) in [7, 11) is 0. The van der Waals surface area contributed by atoms with E-state index in [1.807, 2.05) is 13.0 Å². The third kappa shape index (κ3) is 8.43. The zero-order chi connectivity index (χ0) is 35.9. The first-order valence-corrected chi connectivity index (χ1v) is 16.5. The predicted octanol–water partition coefficient (Wildman–Crippen LogP) is 2.00. The largest absolute Gasteiger partial charge is 0.457 e. The number of nitrogens with zero attached hydrogens (tertiary/aromatic N) is 2. The smallest absolute Gasteiger partial charge is 0.308 e. The molecule has 0 aromatic heterocycles. The van der Waals surface area contributed by atoms with Gasteiger partial charge in [-0.05, 0) is 62.5 Å². The van der Waals surface area contributed by atoms with Crippen molar-refractivity contribution in [2.45, 2.75) is 83.3 Å². The van der Waals surface area contributed by atoms with E-state index in [-0.39, 0.29) is 81.8 Å². The molecule has 0 aliphatic heterocycles. The molecule has 0 saturated heterocycles. The molecule has 4 aliphatic rings. The summed E-state index contributed by atoms with van der Waals surface area (Å²) in [4.78, 5) is 93.1. The minimum atomic E-state index is -1.74. The highest BCUT2D eigenvalue weighted by Gasteiger charge is 2.67. The van der Waals surface area contributed by atoms with E-state index in [4.69, 9.17) is 9.47 Å². The molecule has 0 heterocycles. The number of esters is 2. The van der Waals surface area contributed by atoms with Crippen molar-refractivity contribution in [2.24, 2.45) is 35.0 Å². The van der Waals surface area contributed by atoms with Gasteiger partial charge in [0.1, 0.15) is 0 Å².